The zero-order chi connectivity index (χ0) is 15.0. The predicted molar refractivity (Wildman–Crippen MR) is 82.1 cm³/mol. The van der Waals surface area contributed by atoms with E-state index in [1.54, 1.807) is 12.1 Å². The Morgan fingerprint density at radius 3 is 2.71 bits per heavy atom. The Morgan fingerprint density at radius 1 is 1.29 bits per heavy atom. The van der Waals surface area contributed by atoms with E-state index in [0.717, 1.165) is 5.69 Å². The summed E-state index contributed by atoms with van der Waals surface area (Å²) in [5.41, 5.74) is 1.94. The van der Waals surface area contributed by atoms with Crippen LogP contribution in [0, 0.1) is 5.82 Å². The van der Waals surface area contributed by atoms with Gasteiger partial charge in [-0.3, -0.25) is 4.57 Å². The van der Waals surface area contributed by atoms with Gasteiger partial charge >= 0.3 is 0 Å². The number of ether oxygens (including phenoxy) is 1. The van der Waals surface area contributed by atoms with E-state index in [0.29, 0.717) is 21.9 Å². The lowest BCUT2D eigenvalue weighted by Crippen LogP contribution is -2.00. The maximum atomic E-state index is 13.8. The van der Waals surface area contributed by atoms with Crippen LogP contribution in [0.25, 0.3) is 16.7 Å². The fourth-order valence-corrected chi connectivity index (χ4v) is 2.68. The highest BCUT2D eigenvalue weighted by Gasteiger charge is 2.16. The largest absolute Gasteiger partial charge is 0.494 e. The second-order valence-corrected chi connectivity index (χ2v) is 5.10. The summed E-state index contributed by atoms with van der Waals surface area (Å²) in [4.78, 5) is 4.36. The molecule has 6 heteroatoms. The first-order valence-corrected chi connectivity index (χ1v) is 7.12. The molecule has 0 spiro atoms. The SMILES string of the molecule is COc1cc2c(cc1F)nc(CCl)n2-c1ccccc1Cl. The van der Waals surface area contributed by atoms with Crippen molar-refractivity contribution in [1.82, 2.24) is 9.55 Å². The molecule has 3 aromatic rings. The van der Waals surface area contributed by atoms with Gasteiger partial charge in [0.15, 0.2) is 11.6 Å². The number of aromatic nitrogens is 2. The molecule has 0 saturated carbocycles. The lowest BCUT2D eigenvalue weighted by molar-refractivity contribution is 0.387. The molecule has 0 aliphatic rings. The molecule has 0 amide bonds. The van der Waals surface area contributed by atoms with Gasteiger partial charge in [0.05, 0.1) is 34.7 Å². The Morgan fingerprint density at radius 2 is 2.05 bits per heavy atom. The van der Waals surface area contributed by atoms with Crippen LogP contribution in [0.3, 0.4) is 0 Å². The van der Waals surface area contributed by atoms with Crippen molar-refractivity contribution in [2.75, 3.05) is 7.11 Å². The van der Waals surface area contributed by atoms with Gasteiger partial charge in [-0.15, -0.1) is 11.6 Å². The molecule has 0 bridgehead atoms. The van der Waals surface area contributed by atoms with E-state index in [1.165, 1.54) is 13.2 Å². The number of para-hydroxylation sites is 1. The van der Waals surface area contributed by atoms with Crippen LogP contribution in [0.2, 0.25) is 5.02 Å². The average Bonchev–Trinajstić information content (AvgIpc) is 2.84. The van der Waals surface area contributed by atoms with Crippen molar-refractivity contribution in [3.63, 3.8) is 0 Å². The number of fused-ring (bicyclic) bond motifs is 1. The molecule has 0 aliphatic heterocycles. The summed E-state index contributed by atoms with van der Waals surface area (Å²) < 4.78 is 20.7. The maximum Gasteiger partial charge on any atom is 0.167 e. The summed E-state index contributed by atoms with van der Waals surface area (Å²) in [6, 6.07) is 10.3. The van der Waals surface area contributed by atoms with E-state index in [2.05, 4.69) is 4.98 Å². The fraction of sp³-hybridized carbons (Fsp3) is 0.133. The number of benzene rings is 2. The first kappa shape index (κ1) is 14.2. The monoisotopic (exact) mass is 324 g/mol. The van der Waals surface area contributed by atoms with Crippen LogP contribution in [0.5, 0.6) is 5.75 Å². The molecule has 1 aromatic heterocycles. The number of hydrogen-bond acceptors (Lipinski definition) is 2. The molecule has 108 valence electrons. The van der Waals surface area contributed by atoms with Gasteiger partial charge in [0.2, 0.25) is 0 Å². The van der Waals surface area contributed by atoms with E-state index in [-0.39, 0.29) is 11.6 Å². The van der Waals surface area contributed by atoms with Crippen molar-refractivity contribution in [2.45, 2.75) is 5.88 Å². The van der Waals surface area contributed by atoms with Gasteiger partial charge in [-0.25, -0.2) is 9.37 Å². The van der Waals surface area contributed by atoms with Gasteiger partial charge in [0.1, 0.15) is 5.82 Å². The van der Waals surface area contributed by atoms with Crippen molar-refractivity contribution in [1.29, 1.82) is 0 Å². The van der Waals surface area contributed by atoms with Crippen molar-refractivity contribution >= 4 is 34.2 Å². The van der Waals surface area contributed by atoms with Gasteiger partial charge in [0, 0.05) is 12.1 Å². The molecule has 3 nitrogen and oxygen atoms in total. The number of rotatable bonds is 3. The van der Waals surface area contributed by atoms with Gasteiger partial charge in [-0.1, -0.05) is 23.7 Å². The molecule has 21 heavy (non-hydrogen) atoms. The fourth-order valence-electron chi connectivity index (χ4n) is 2.28. The molecular weight excluding hydrogens is 314 g/mol. The Labute approximate surface area is 130 Å². The highest BCUT2D eigenvalue weighted by Crippen LogP contribution is 2.31. The third-order valence-electron chi connectivity index (χ3n) is 3.21. The second kappa shape index (κ2) is 5.54. The minimum absolute atomic E-state index is 0.150. The number of nitrogens with zero attached hydrogens (tertiary/aromatic N) is 2. The molecule has 1 heterocycles. The van der Waals surface area contributed by atoms with Crippen LogP contribution in [0.4, 0.5) is 4.39 Å². The molecule has 0 aliphatic carbocycles. The molecule has 0 unspecified atom stereocenters. The molecule has 0 atom stereocenters. The van der Waals surface area contributed by atoms with Crippen LogP contribution in [0.1, 0.15) is 5.82 Å². The Hall–Kier alpha value is -1.78. The minimum atomic E-state index is -0.463. The maximum absolute atomic E-state index is 13.8. The van der Waals surface area contributed by atoms with Crippen molar-refractivity contribution < 1.29 is 9.13 Å². The van der Waals surface area contributed by atoms with E-state index < -0.39 is 5.82 Å². The van der Waals surface area contributed by atoms with E-state index in [4.69, 9.17) is 27.9 Å². The normalized spacial score (nSPS) is 11.0. The quantitative estimate of drug-likeness (QED) is 0.660. The molecular formula is C15H11Cl2FN2O. The van der Waals surface area contributed by atoms with Gasteiger partial charge in [-0.05, 0) is 12.1 Å². The van der Waals surface area contributed by atoms with Gasteiger partial charge in [-0.2, -0.15) is 0 Å². The summed E-state index contributed by atoms with van der Waals surface area (Å²) in [6.07, 6.45) is 0. The molecule has 3 rings (SSSR count). The zero-order valence-electron chi connectivity index (χ0n) is 11.1. The summed E-state index contributed by atoms with van der Waals surface area (Å²) in [6.45, 7) is 0. The molecule has 0 saturated heterocycles. The van der Waals surface area contributed by atoms with Crippen molar-refractivity contribution in [3.05, 3.63) is 53.1 Å². The van der Waals surface area contributed by atoms with Crippen LogP contribution in [-0.2, 0) is 5.88 Å². The first-order valence-electron chi connectivity index (χ1n) is 6.21. The van der Waals surface area contributed by atoms with E-state index in [9.17, 15) is 4.39 Å². The standard InChI is InChI=1S/C15H11Cl2FN2O/c1-21-14-7-13-11(6-10(14)18)19-15(8-16)20(13)12-5-3-2-4-9(12)17/h2-7H,8H2,1H3. The Kier molecular flexibility index (Phi) is 3.74. The first-order chi connectivity index (χ1) is 10.2. The van der Waals surface area contributed by atoms with Crippen LogP contribution >= 0.6 is 23.2 Å². The molecule has 0 radical (unpaired) electrons. The highest BCUT2D eigenvalue weighted by atomic mass is 35.5. The lowest BCUT2D eigenvalue weighted by Gasteiger charge is -2.10. The highest BCUT2D eigenvalue weighted by molar-refractivity contribution is 6.32. The lowest BCUT2D eigenvalue weighted by atomic mass is 10.2. The van der Waals surface area contributed by atoms with E-state index >= 15 is 0 Å². The Bertz CT molecular complexity index is 817. The molecule has 0 N–H and O–H groups in total. The topological polar surface area (TPSA) is 27.1 Å². The molecule has 2 aromatic carbocycles. The minimum Gasteiger partial charge on any atom is -0.494 e. The average molecular weight is 325 g/mol. The van der Waals surface area contributed by atoms with Crippen molar-refractivity contribution in [2.24, 2.45) is 0 Å². The number of methoxy groups -OCH3 is 1. The number of halogens is 3. The summed E-state index contributed by atoms with van der Waals surface area (Å²) >= 11 is 12.2. The van der Waals surface area contributed by atoms with Gasteiger partial charge < -0.3 is 4.74 Å². The number of imidazole rings is 1. The third-order valence-corrected chi connectivity index (χ3v) is 3.77. The third kappa shape index (κ3) is 2.34. The van der Waals surface area contributed by atoms with Crippen LogP contribution < -0.4 is 4.74 Å². The second-order valence-electron chi connectivity index (χ2n) is 4.42. The van der Waals surface area contributed by atoms with Crippen molar-refractivity contribution in [3.8, 4) is 11.4 Å². The van der Waals surface area contributed by atoms with Crippen LogP contribution in [0.15, 0.2) is 36.4 Å². The molecule has 0 fully saturated rings. The predicted octanol–water partition coefficient (Wildman–Crippen LogP) is 4.57. The smallest absolute Gasteiger partial charge is 0.167 e. The van der Waals surface area contributed by atoms with Crippen LogP contribution in [-0.4, -0.2) is 16.7 Å². The van der Waals surface area contributed by atoms with Gasteiger partial charge in [0.25, 0.3) is 0 Å². The van der Waals surface area contributed by atoms with E-state index in [1.807, 2.05) is 22.8 Å². The zero-order valence-corrected chi connectivity index (χ0v) is 12.6. The summed E-state index contributed by atoms with van der Waals surface area (Å²) in [5, 5.41) is 0.562. The summed E-state index contributed by atoms with van der Waals surface area (Å²) in [7, 11) is 1.42. The summed E-state index contributed by atoms with van der Waals surface area (Å²) in [5.74, 6) is 0.461. The number of hydrogen-bond donors (Lipinski definition) is 0. The number of alkyl halides is 1. The Balaban J connectivity index is 2.37.